The average Bonchev–Trinajstić information content (AvgIpc) is 3.02. The smallest absolute Gasteiger partial charge is 0.317 e. The molecule has 1 heterocycles. The maximum absolute atomic E-state index is 12.9. The van der Waals surface area contributed by atoms with Gasteiger partial charge < -0.3 is 10.4 Å². The van der Waals surface area contributed by atoms with Gasteiger partial charge in [-0.2, -0.15) is 4.31 Å². The molecule has 2 N–H and O–H groups in total. The van der Waals surface area contributed by atoms with Gasteiger partial charge >= 0.3 is 5.97 Å². The number of carbonyl (C=O) groups is 1. The maximum Gasteiger partial charge on any atom is 0.317 e. The second kappa shape index (κ2) is 7.21. The topological polar surface area (TPSA) is 86.7 Å². The van der Waals surface area contributed by atoms with Crippen LogP contribution in [0.3, 0.4) is 0 Å². The number of rotatable bonds is 6. The zero-order valence-corrected chi connectivity index (χ0v) is 14.5. The summed E-state index contributed by atoms with van der Waals surface area (Å²) in [5, 5.41) is 11.6. The van der Waals surface area contributed by atoms with E-state index in [1.807, 2.05) is 12.1 Å². The molecule has 0 aromatic heterocycles. The Morgan fingerprint density at radius 1 is 1.25 bits per heavy atom. The van der Waals surface area contributed by atoms with E-state index in [1.165, 1.54) is 5.56 Å². The number of nitrogens with zero attached hydrogens (tertiary/aromatic N) is 1. The average molecular weight is 352 g/mol. The Kier molecular flexibility index (Phi) is 5.22. The standard InChI is InChI=1S/C17H24N2O4S/c20-17(21)11-18-10-13-3-2-8-19(12-13)24(22,23)16-7-6-14-4-1-5-15(14)9-16/h6-7,9,13,18H,1-5,8,10-12H2,(H,20,21). The van der Waals surface area contributed by atoms with Crippen molar-refractivity contribution in [1.82, 2.24) is 9.62 Å². The zero-order valence-electron chi connectivity index (χ0n) is 13.7. The summed E-state index contributed by atoms with van der Waals surface area (Å²) in [6, 6.07) is 5.51. The first kappa shape index (κ1) is 17.4. The molecule has 1 aromatic rings. The Bertz CT molecular complexity index is 717. The quantitative estimate of drug-likeness (QED) is 0.805. The molecule has 0 radical (unpaired) electrons. The fourth-order valence-corrected chi connectivity index (χ4v) is 5.26. The first-order valence-electron chi connectivity index (χ1n) is 8.51. The van der Waals surface area contributed by atoms with Gasteiger partial charge in [-0.1, -0.05) is 6.07 Å². The Labute approximate surface area is 142 Å². The monoisotopic (exact) mass is 352 g/mol. The molecule has 24 heavy (non-hydrogen) atoms. The Hall–Kier alpha value is -1.44. The lowest BCUT2D eigenvalue weighted by molar-refractivity contribution is -0.136. The van der Waals surface area contributed by atoms with Crippen LogP contribution in [0.25, 0.3) is 0 Å². The molecule has 1 fully saturated rings. The van der Waals surface area contributed by atoms with Crippen LogP contribution in [-0.2, 0) is 27.7 Å². The first-order chi connectivity index (χ1) is 11.5. The van der Waals surface area contributed by atoms with Crippen LogP contribution in [-0.4, -0.2) is 50.0 Å². The number of piperidine rings is 1. The number of hydrogen-bond acceptors (Lipinski definition) is 4. The van der Waals surface area contributed by atoms with Crippen LogP contribution >= 0.6 is 0 Å². The van der Waals surface area contributed by atoms with Crippen molar-refractivity contribution in [3.05, 3.63) is 29.3 Å². The molecular formula is C17H24N2O4S. The van der Waals surface area contributed by atoms with Crippen molar-refractivity contribution in [3.8, 4) is 0 Å². The third-order valence-electron chi connectivity index (χ3n) is 4.90. The van der Waals surface area contributed by atoms with E-state index in [2.05, 4.69) is 5.32 Å². The van der Waals surface area contributed by atoms with Gasteiger partial charge in [0.25, 0.3) is 0 Å². The van der Waals surface area contributed by atoms with Crippen molar-refractivity contribution in [2.24, 2.45) is 5.92 Å². The summed E-state index contributed by atoms with van der Waals surface area (Å²) in [5.74, 6) is -0.740. The minimum atomic E-state index is -3.47. The molecule has 0 amide bonds. The van der Waals surface area contributed by atoms with Crippen molar-refractivity contribution >= 4 is 16.0 Å². The van der Waals surface area contributed by atoms with Gasteiger partial charge in [-0.3, -0.25) is 4.79 Å². The molecule has 0 saturated carbocycles. The summed E-state index contributed by atoms with van der Waals surface area (Å²) in [4.78, 5) is 11.0. The fraction of sp³-hybridized carbons (Fsp3) is 0.588. The molecule has 0 bridgehead atoms. The third-order valence-corrected chi connectivity index (χ3v) is 6.76. The summed E-state index contributed by atoms with van der Waals surface area (Å²) in [5.41, 5.74) is 2.43. The van der Waals surface area contributed by atoms with Crippen LogP contribution in [0, 0.1) is 5.92 Å². The number of hydrogen-bond donors (Lipinski definition) is 2. The predicted molar refractivity (Wildman–Crippen MR) is 90.5 cm³/mol. The number of sulfonamides is 1. The largest absolute Gasteiger partial charge is 0.480 e. The number of benzene rings is 1. The molecule has 1 aliphatic heterocycles. The maximum atomic E-state index is 12.9. The molecule has 1 saturated heterocycles. The lowest BCUT2D eigenvalue weighted by Crippen LogP contribution is -2.43. The summed E-state index contributed by atoms with van der Waals surface area (Å²) in [6.07, 6.45) is 4.82. The fourth-order valence-electron chi connectivity index (χ4n) is 3.65. The van der Waals surface area contributed by atoms with Crippen LogP contribution in [0.2, 0.25) is 0 Å². The Balaban J connectivity index is 1.68. The van der Waals surface area contributed by atoms with Crippen molar-refractivity contribution in [3.63, 3.8) is 0 Å². The minimum Gasteiger partial charge on any atom is -0.480 e. The van der Waals surface area contributed by atoms with Crippen LogP contribution in [0.15, 0.2) is 23.1 Å². The molecule has 1 aliphatic carbocycles. The normalized spacial score (nSPS) is 21.6. The van der Waals surface area contributed by atoms with E-state index in [0.717, 1.165) is 37.7 Å². The van der Waals surface area contributed by atoms with E-state index < -0.39 is 16.0 Å². The van der Waals surface area contributed by atoms with Gasteiger partial charge in [-0.05, 0) is 67.8 Å². The third kappa shape index (κ3) is 3.79. The predicted octanol–water partition coefficient (Wildman–Crippen LogP) is 1.25. The van der Waals surface area contributed by atoms with Crippen molar-refractivity contribution in [2.45, 2.75) is 37.0 Å². The molecule has 3 rings (SSSR count). The number of carboxylic acid groups (broad SMARTS) is 1. The second-order valence-electron chi connectivity index (χ2n) is 6.68. The number of aryl methyl sites for hydroxylation is 2. The number of aliphatic carboxylic acids is 1. The molecular weight excluding hydrogens is 328 g/mol. The number of nitrogens with one attached hydrogen (secondary N) is 1. The molecule has 6 nitrogen and oxygen atoms in total. The van der Waals surface area contributed by atoms with Crippen LogP contribution in [0.1, 0.15) is 30.4 Å². The number of fused-ring (bicyclic) bond motifs is 1. The van der Waals surface area contributed by atoms with Gasteiger partial charge in [-0.15, -0.1) is 0 Å². The highest BCUT2D eigenvalue weighted by Crippen LogP contribution is 2.28. The molecule has 7 heteroatoms. The summed E-state index contributed by atoms with van der Waals surface area (Å²) >= 11 is 0. The van der Waals surface area contributed by atoms with E-state index in [9.17, 15) is 13.2 Å². The van der Waals surface area contributed by atoms with Gasteiger partial charge in [0.1, 0.15) is 0 Å². The molecule has 1 unspecified atom stereocenters. The lowest BCUT2D eigenvalue weighted by atomic mass is 10.00. The minimum absolute atomic E-state index is 0.0892. The second-order valence-corrected chi connectivity index (χ2v) is 8.62. The molecule has 0 spiro atoms. The van der Waals surface area contributed by atoms with E-state index in [-0.39, 0.29) is 12.5 Å². The molecule has 2 aliphatic rings. The van der Waals surface area contributed by atoms with Crippen LogP contribution in [0.5, 0.6) is 0 Å². The highest BCUT2D eigenvalue weighted by atomic mass is 32.2. The number of carboxylic acids is 1. The zero-order chi connectivity index (χ0) is 17.2. The van der Waals surface area contributed by atoms with Crippen LogP contribution < -0.4 is 5.32 Å². The highest BCUT2D eigenvalue weighted by Gasteiger charge is 2.30. The van der Waals surface area contributed by atoms with Gasteiger partial charge in [0.05, 0.1) is 11.4 Å². The Morgan fingerprint density at radius 2 is 2.04 bits per heavy atom. The van der Waals surface area contributed by atoms with Crippen molar-refractivity contribution < 1.29 is 18.3 Å². The van der Waals surface area contributed by atoms with Crippen LogP contribution in [0.4, 0.5) is 0 Å². The summed E-state index contributed by atoms with van der Waals surface area (Å²) in [7, 11) is -3.47. The van der Waals surface area contributed by atoms with Crippen molar-refractivity contribution in [1.29, 1.82) is 0 Å². The molecule has 1 aromatic carbocycles. The van der Waals surface area contributed by atoms with Gasteiger partial charge in [0, 0.05) is 13.1 Å². The van der Waals surface area contributed by atoms with Crippen molar-refractivity contribution in [2.75, 3.05) is 26.2 Å². The summed E-state index contributed by atoms with van der Waals surface area (Å²) < 4.78 is 27.4. The highest BCUT2D eigenvalue weighted by molar-refractivity contribution is 7.89. The first-order valence-corrected chi connectivity index (χ1v) is 9.95. The van der Waals surface area contributed by atoms with Gasteiger partial charge in [0.15, 0.2) is 0 Å². The summed E-state index contributed by atoms with van der Waals surface area (Å²) in [6.45, 7) is 1.43. The molecule has 132 valence electrons. The van der Waals surface area contributed by atoms with E-state index in [0.29, 0.717) is 24.5 Å². The van der Waals surface area contributed by atoms with Gasteiger partial charge in [-0.25, -0.2) is 8.42 Å². The van der Waals surface area contributed by atoms with E-state index in [4.69, 9.17) is 5.11 Å². The van der Waals surface area contributed by atoms with E-state index in [1.54, 1.807) is 10.4 Å². The van der Waals surface area contributed by atoms with Gasteiger partial charge in [0.2, 0.25) is 10.0 Å². The van der Waals surface area contributed by atoms with E-state index >= 15 is 0 Å². The SMILES string of the molecule is O=C(O)CNCC1CCCN(S(=O)(=O)c2ccc3c(c2)CCC3)C1. The molecule has 1 atom stereocenters. The Morgan fingerprint density at radius 3 is 2.83 bits per heavy atom. The lowest BCUT2D eigenvalue weighted by Gasteiger charge is -2.32.